The van der Waals surface area contributed by atoms with Gasteiger partial charge in [0.25, 0.3) is 5.91 Å². The topological polar surface area (TPSA) is 84.7 Å². The molecule has 1 aromatic heterocycles. The van der Waals surface area contributed by atoms with E-state index >= 15 is 0 Å². The molecule has 0 amide bonds. The Morgan fingerprint density at radius 3 is 3.05 bits per heavy atom. The van der Waals surface area contributed by atoms with Crippen LogP contribution in [0.1, 0.15) is 21.8 Å². The van der Waals surface area contributed by atoms with Crippen molar-refractivity contribution < 1.29 is 4.79 Å². The minimum absolute atomic E-state index is 0.113. The fourth-order valence-electron chi connectivity index (χ4n) is 2.13. The maximum absolute atomic E-state index is 12.5. The molecule has 0 unspecified atom stereocenters. The van der Waals surface area contributed by atoms with E-state index in [0.717, 1.165) is 15.1 Å². The number of fused-ring (bicyclic) bond motifs is 1. The van der Waals surface area contributed by atoms with E-state index in [1.165, 1.54) is 6.20 Å². The molecule has 1 aliphatic rings. The van der Waals surface area contributed by atoms with Gasteiger partial charge in [-0.1, -0.05) is 18.2 Å². The molecule has 5 nitrogen and oxygen atoms in total. The summed E-state index contributed by atoms with van der Waals surface area (Å²) in [4.78, 5) is 13.6. The molecule has 2 N–H and O–H groups in total. The zero-order chi connectivity index (χ0) is 13.4. The second-order valence-electron chi connectivity index (χ2n) is 4.21. The molecule has 0 bridgehead atoms. The van der Waals surface area contributed by atoms with Crippen molar-refractivity contribution in [3.8, 4) is 6.07 Å². The van der Waals surface area contributed by atoms with Gasteiger partial charge in [-0.2, -0.15) is 15.0 Å². The highest BCUT2D eigenvalue weighted by Crippen LogP contribution is 2.40. The van der Waals surface area contributed by atoms with Gasteiger partial charge >= 0.3 is 0 Å². The monoisotopic (exact) mass is 270 g/mol. The van der Waals surface area contributed by atoms with Crippen molar-refractivity contribution in [3.05, 3.63) is 41.6 Å². The van der Waals surface area contributed by atoms with Crippen molar-refractivity contribution in [2.75, 3.05) is 11.5 Å². The third-order valence-electron chi connectivity index (χ3n) is 3.13. The minimum Gasteiger partial charge on any atom is -0.382 e. The molecule has 0 spiro atoms. The average molecular weight is 270 g/mol. The predicted molar refractivity (Wildman–Crippen MR) is 71.9 cm³/mol. The van der Waals surface area contributed by atoms with Crippen LogP contribution in [0.15, 0.2) is 35.4 Å². The van der Waals surface area contributed by atoms with Gasteiger partial charge in [0, 0.05) is 10.6 Å². The first-order valence-corrected chi connectivity index (χ1v) is 6.70. The number of nitrogen functional groups attached to an aromatic ring is 1. The van der Waals surface area contributed by atoms with E-state index in [-0.39, 0.29) is 23.2 Å². The summed E-state index contributed by atoms with van der Waals surface area (Å²) in [7, 11) is 0. The summed E-state index contributed by atoms with van der Waals surface area (Å²) in [6, 6.07) is 9.73. The molecule has 0 saturated heterocycles. The number of hydrogen-bond acceptors (Lipinski definition) is 5. The quantitative estimate of drug-likeness (QED) is 0.855. The summed E-state index contributed by atoms with van der Waals surface area (Å²) in [5.74, 6) is 0.354. The van der Waals surface area contributed by atoms with Crippen molar-refractivity contribution in [2.24, 2.45) is 0 Å². The molecular weight excluding hydrogens is 260 g/mol. The average Bonchev–Trinajstić information content (AvgIpc) is 3.01. The SMILES string of the molecule is N#Cc1cnn(C(=O)[C@@H]2CSc3ccccc32)c1N. The van der Waals surface area contributed by atoms with E-state index in [4.69, 9.17) is 11.0 Å². The molecule has 2 heterocycles. The molecule has 1 aliphatic heterocycles. The fourth-order valence-corrected chi connectivity index (χ4v) is 3.35. The van der Waals surface area contributed by atoms with Crippen LogP contribution in [0, 0.1) is 11.3 Å². The van der Waals surface area contributed by atoms with E-state index in [2.05, 4.69) is 5.10 Å². The van der Waals surface area contributed by atoms with Gasteiger partial charge in [-0.25, -0.2) is 0 Å². The summed E-state index contributed by atoms with van der Waals surface area (Å²) in [5.41, 5.74) is 6.99. The lowest BCUT2D eigenvalue weighted by Gasteiger charge is -2.10. The van der Waals surface area contributed by atoms with Crippen molar-refractivity contribution in [2.45, 2.75) is 10.8 Å². The Balaban J connectivity index is 1.98. The molecule has 0 fully saturated rings. The third kappa shape index (κ3) is 1.79. The molecule has 6 heteroatoms. The van der Waals surface area contributed by atoms with Crippen LogP contribution in [0.4, 0.5) is 5.82 Å². The third-order valence-corrected chi connectivity index (χ3v) is 4.32. The van der Waals surface area contributed by atoms with Crippen molar-refractivity contribution >= 4 is 23.5 Å². The van der Waals surface area contributed by atoms with Crippen LogP contribution in [0.3, 0.4) is 0 Å². The highest BCUT2D eigenvalue weighted by Gasteiger charge is 2.31. The van der Waals surface area contributed by atoms with Crippen molar-refractivity contribution in [3.63, 3.8) is 0 Å². The fraction of sp³-hybridized carbons (Fsp3) is 0.154. The largest absolute Gasteiger partial charge is 0.382 e. The number of rotatable bonds is 1. The van der Waals surface area contributed by atoms with E-state index in [0.29, 0.717) is 5.75 Å². The number of nitrogens with two attached hydrogens (primary N) is 1. The number of nitriles is 1. The van der Waals surface area contributed by atoms with Crippen LogP contribution < -0.4 is 5.73 Å². The summed E-state index contributed by atoms with van der Waals surface area (Å²) in [6.07, 6.45) is 1.32. The van der Waals surface area contributed by atoms with Crippen LogP contribution in [-0.4, -0.2) is 21.4 Å². The lowest BCUT2D eigenvalue weighted by atomic mass is 10.0. The number of nitrogens with zero attached hydrogens (tertiary/aromatic N) is 3. The van der Waals surface area contributed by atoms with Gasteiger partial charge in [0.1, 0.15) is 17.5 Å². The number of hydrogen-bond donors (Lipinski definition) is 1. The van der Waals surface area contributed by atoms with E-state index in [1.54, 1.807) is 11.8 Å². The predicted octanol–water partition coefficient (Wildman–Crippen LogP) is 1.87. The molecule has 0 radical (unpaired) electrons. The second-order valence-corrected chi connectivity index (χ2v) is 5.27. The summed E-state index contributed by atoms with van der Waals surface area (Å²) < 4.78 is 1.13. The highest BCUT2D eigenvalue weighted by molar-refractivity contribution is 7.99. The number of thioether (sulfide) groups is 1. The number of aromatic nitrogens is 2. The van der Waals surface area contributed by atoms with Crippen LogP contribution >= 0.6 is 11.8 Å². The standard InChI is InChI=1S/C13H10N4OS/c14-5-8-6-16-17(12(8)15)13(18)10-7-19-11-4-2-1-3-9(10)11/h1-4,6,10H,7,15H2/t10-/m1/s1. The van der Waals surface area contributed by atoms with Gasteiger partial charge in [0.2, 0.25) is 0 Å². The second kappa shape index (κ2) is 4.44. The van der Waals surface area contributed by atoms with Crippen LogP contribution in [0.5, 0.6) is 0 Å². The van der Waals surface area contributed by atoms with Gasteiger partial charge < -0.3 is 5.73 Å². The van der Waals surface area contributed by atoms with Crippen molar-refractivity contribution in [1.29, 1.82) is 5.26 Å². The minimum atomic E-state index is -0.255. The van der Waals surface area contributed by atoms with Gasteiger partial charge in [-0.15, -0.1) is 11.8 Å². The molecule has 19 heavy (non-hydrogen) atoms. The normalized spacial score (nSPS) is 16.9. The smallest absolute Gasteiger partial charge is 0.257 e. The summed E-state index contributed by atoms with van der Waals surface area (Å²) in [5, 5.41) is 12.8. The lowest BCUT2D eigenvalue weighted by Crippen LogP contribution is -2.22. The maximum atomic E-state index is 12.5. The van der Waals surface area contributed by atoms with Crippen LogP contribution in [-0.2, 0) is 0 Å². The molecule has 0 saturated carbocycles. The van der Waals surface area contributed by atoms with Crippen LogP contribution in [0.2, 0.25) is 0 Å². The number of carbonyl (C=O) groups is 1. The molecule has 3 rings (SSSR count). The number of benzene rings is 1. The molecule has 94 valence electrons. The van der Waals surface area contributed by atoms with E-state index < -0.39 is 0 Å². The summed E-state index contributed by atoms with van der Waals surface area (Å²) >= 11 is 1.65. The highest BCUT2D eigenvalue weighted by atomic mass is 32.2. The van der Waals surface area contributed by atoms with E-state index in [1.807, 2.05) is 30.3 Å². The Hall–Kier alpha value is -2.26. The Kier molecular flexibility index (Phi) is 2.76. The van der Waals surface area contributed by atoms with Crippen molar-refractivity contribution in [1.82, 2.24) is 9.78 Å². The van der Waals surface area contributed by atoms with Crippen LogP contribution in [0.25, 0.3) is 0 Å². The molecule has 0 aliphatic carbocycles. The van der Waals surface area contributed by atoms with Gasteiger partial charge in [-0.3, -0.25) is 4.79 Å². The molecule has 1 aromatic carbocycles. The summed E-state index contributed by atoms with van der Waals surface area (Å²) in [6.45, 7) is 0. The van der Waals surface area contributed by atoms with Gasteiger partial charge in [0.15, 0.2) is 0 Å². The first-order valence-electron chi connectivity index (χ1n) is 5.72. The Morgan fingerprint density at radius 1 is 1.53 bits per heavy atom. The Bertz CT molecular complexity index is 701. The maximum Gasteiger partial charge on any atom is 0.257 e. The van der Waals surface area contributed by atoms with Gasteiger partial charge in [0.05, 0.1) is 12.1 Å². The zero-order valence-electron chi connectivity index (χ0n) is 9.91. The molecule has 1 atom stereocenters. The zero-order valence-corrected chi connectivity index (χ0v) is 10.7. The first kappa shape index (κ1) is 11.8. The first-order chi connectivity index (χ1) is 9.22. The lowest BCUT2D eigenvalue weighted by molar-refractivity contribution is 0.0874. The number of carbonyl (C=O) groups excluding carboxylic acids is 1. The Labute approximate surface area is 114 Å². The Morgan fingerprint density at radius 2 is 2.32 bits per heavy atom. The van der Waals surface area contributed by atoms with Gasteiger partial charge in [-0.05, 0) is 11.6 Å². The molecule has 2 aromatic rings. The number of anilines is 1. The molecular formula is C13H10N4OS. The van der Waals surface area contributed by atoms with E-state index in [9.17, 15) is 4.79 Å².